The average Bonchev–Trinajstić information content (AvgIpc) is 2.99. The number of amides is 1. The molecule has 0 unspecified atom stereocenters. The Kier molecular flexibility index (Phi) is 5.16. The van der Waals surface area contributed by atoms with E-state index in [1.807, 2.05) is 6.07 Å². The molecule has 1 aliphatic heterocycles. The van der Waals surface area contributed by atoms with Crippen molar-refractivity contribution in [1.82, 2.24) is 15.5 Å². The minimum atomic E-state index is -0.198. The first-order chi connectivity index (χ1) is 13.6. The first-order valence-electron chi connectivity index (χ1n) is 8.87. The molecule has 0 bridgehead atoms. The predicted octanol–water partition coefficient (Wildman–Crippen LogP) is 3.79. The number of halogens is 1. The normalized spacial score (nSPS) is 13.1. The highest BCUT2D eigenvalue weighted by atomic mass is 35.5. The van der Waals surface area contributed by atoms with Crippen molar-refractivity contribution in [2.24, 2.45) is 0 Å². The first kappa shape index (κ1) is 18.3. The van der Waals surface area contributed by atoms with Crippen molar-refractivity contribution in [2.45, 2.75) is 19.9 Å². The van der Waals surface area contributed by atoms with E-state index in [-0.39, 0.29) is 5.91 Å². The van der Waals surface area contributed by atoms with Crippen LogP contribution in [0.5, 0.6) is 11.5 Å². The summed E-state index contributed by atoms with van der Waals surface area (Å²) in [6, 6.07) is 10.6. The zero-order valence-electron chi connectivity index (χ0n) is 15.2. The number of carbonyl (C=O) groups is 1. The molecular formula is C20H18ClN3O4. The van der Waals surface area contributed by atoms with Gasteiger partial charge >= 0.3 is 0 Å². The molecule has 0 saturated heterocycles. The summed E-state index contributed by atoms with van der Waals surface area (Å²) in [6.07, 6.45) is 0.802. The minimum absolute atomic E-state index is 0.198. The average molecular weight is 400 g/mol. The highest BCUT2D eigenvalue weighted by Gasteiger charge is 2.16. The van der Waals surface area contributed by atoms with Crippen molar-refractivity contribution < 1.29 is 18.8 Å². The van der Waals surface area contributed by atoms with Gasteiger partial charge in [0.15, 0.2) is 17.3 Å². The lowest BCUT2D eigenvalue weighted by Gasteiger charge is -2.12. The summed E-state index contributed by atoms with van der Waals surface area (Å²) in [4.78, 5) is 16.6. The molecule has 0 atom stereocenters. The van der Waals surface area contributed by atoms with Gasteiger partial charge in [-0.15, -0.1) is 0 Å². The van der Waals surface area contributed by atoms with Crippen LogP contribution < -0.4 is 14.8 Å². The number of rotatable bonds is 4. The van der Waals surface area contributed by atoms with E-state index >= 15 is 0 Å². The maximum Gasteiger partial charge on any atom is 0.257 e. The van der Waals surface area contributed by atoms with Crippen LogP contribution in [0.1, 0.15) is 28.2 Å². The summed E-state index contributed by atoms with van der Waals surface area (Å²) in [6.45, 7) is 3.22. The summed E-state index contributed by atoms with van der Waals surface area (Å²) >= 11 is 6.29. The Balaban J connectivity index is 1.43. The van der Waals surface area contributed by atoms with Gasteiger partial charge in [0.25, 0.3) is 11.8 Å². The zero-order valence-corrected chi connectivity index (χ0v) is 16.0. The number of benzene rings is 2. The number of aromatic nitrogens is 2. The molecule has 0 saturated carbocycles. The molecule has 2 aromatic carbocycles. The second-order valence-corrected chi connectivity index (χ2v) is 6.77. The van der Waals surface area contributed by atoms with Crippen LogP contribution >= 0.6 is 11.6 Å². The molecule has 28 heavy (non-hydrogen) atoms. The molecule has 1 amide bonds. The van der Waals surface area contributed by atoms with E-state index in [0.29, 0.717) is 53.6 Å². The number of hydrogen-bond acceptors (Lipinski definition) is 6. The Morgan fingerprint density at radius 3 is 2.71 bits per heavy atom. The number of ether oxygens (including phenoxy) is 2. The van der Waals surface area contributed by atoms with Gasteiger partial charge in [0, 0.05) is 24.1 Å². The fourth-order valence-electron chi connectivity index (χ4n) is 2.85. The van der Waals surface area contributed by atoms with Crippen LogP contribution in [-0.2, 0) is 6.54 Å². The van der Waals surface area contributed by atoms with Crippen LogP contribution in [0, 0.1) is 6.92 Å². The summed E-state index contributed by atoms with van der Waals surface area (Å²) in [5.41, 5.74) is 2.12. The highest BCUT2D eigenvalue weighted by Crippen LogP contribution is 2.38. The van der Waals surface area contributed by atoms with Crippen molar-refractivity contribution >= 4 is 17.5 Å². The predicted molar refractivity (Wildman–Crippen MR) is 103 cm³/mol. The Hall–Kier alpha value is -3.06. The SMILES string of the molecule is Cc1noc(-c2ccc(C(=O)NCc3cc(Cl)c4c(c3)OCCCO4)cc2)n1. The number of nitrogens with one attached hydrogen (secondary N) is 1. The van der Waals surface area contributed by atoms with E-state index < -0.39 is 0 Å². The van der Waals surface area contributed by atoms with Crippen LogP contribution in [-0.4, -0.2) is 29.3 Å². The third-order valence-corrected chi connectivity index (χ3v) is 4.52. The van der Waals surface area contributed by atoms with Gasteiger partial charge < -0.3 is 19.3 Å². The third kappa shape index (κ3) is 3.94. The van der Waals surface area contributed by atoms with Gasteiger partial charge in [0.05, 0.1) is 18.2 Å². The largest absolute Gasteiger partial charge is 0.489 e. The topological polar surface area (TPSA) is 86.5 Å². The fraction of sp³-hybridized carbons (Fsp3) is 0.250. The number of carbonyl (C=O) groups excluding carboxylic acids is 1. The first-order valence-corrected chi connectivity index (χ1v) is 9.25. The van der Waals surface area contributed by atoms with Crippen LogP contribution in [0.2, 0.25) is 5.02 Å². The molecule has 7 nitrogen and oxygen atoms in total. The van der Waals surface area contributed by atoms with Crippen molar-refractivity contribution in [3.63, 3.8) is 0 Å². The van der Waals surface area contributed by atoms with Gasteiger partial charge in [-0.1, -0.05) is 16.8 Å². The molecule has 0 fully saturated rings. The van der Waals surface area contributed by atoms with Crippen molar-refractivity contribution in [1.29, 1.82) is 0 Å². The second-order valence-electron chi connectivity index (χ2n) is 6.36. The molecule has 1 aliphatic rings. The van der Waals surface area contributed by atoms with E-state index in [0.717, 1.165) is 17.5 Å². The third-order valence-electron chi connectivity index (χ3n) is 4.24. The Bertz CT molecular complexity index is 1000. The van der Waals surface area contributed by atoms with Crippen LogP contribution in [0.3, 0.4) is 0 Å². The summed E-state index contributed by atoms with van der Waals surface area (Å²) < 4.78 is 16.4. The number of aryl methyl sites for hydroxylation is 1. The molecule has 2 heterocycles. The van der Waals surface area contributed by atoms with Crippen LogP contribution in [0.4, 0.5) is 0 Å². The van der Waals surface area contributed by atoms with Crippen molar-refractivity contribution in [2.75, 3.05) is 13.2 Å². The fourth-order valence-corrected chi connectivity index (χ4v) is 3.14. The zero-order chi connectivity index (χ0) is 19.5. The van der Waals surface area contributed by atoms with E-state index in [9.17, 15) is 4.79 Å². The highest BCUT2D eigenvalue weighted by molar-refractivity contribution is 6.32. The van der Waals surface area contributed by atoms with E-state index in [1.54, 1.807) is 37.3 Å². The molecule has 4 rings (SSSR count). The van der Waals surface area contributed by atoms with Crippen LogP contribution in [0.25, 0.3) is 11.5 Å². The molecule has 0 aliphatic carbocycles. The molecule has 144 valence electrons. The second kappa shape index (κ2) is 7.90. The summed E-state index contributed by atoms with van der Waals surface area (Å²) in [5, 5.41) is 7.12. The Morgan fingerprint density at radius 2 is 1.96 bits per heavy atom. The lowest BCUT2D eigenvalue weighted by Crippen LogP contribution is -2.22. The van der Waals surface area contributed by atoms with E-state index in [4.69, 9.17) is 25.6 Å². The Labute approximate surface area is 166 Å². The monoisotopic (exact) mass is 399 g/mol. The van der Waals surface area contributed by atoms with Gasteiger partial charge in [-0.25, -0.2) is 0 Å². The molecule has 0 radical (unpaired) electrons. The van der Waals surface area contributed by atoms with E-state index in [1.165, 1.54) is 0 Å². The van der Waals surface area contributed by atoms with Gasteiger partial charge in [-0.2, -0.15) is 4.98 Å². The maximum atomic E-state index is 12.4. The number of hydrogen-bond donors (Lipinski definition) is 1. The molecular weight excluding hydrogens is 382 g/mol. The van der Waals surface area contributed by atoms with Gasteiger partial charge in [-0.05, 0) is 48.9 Å². The summed E-state index contributed by atoms with van der Waals surface area (Å²) in [7, 11) is 0. The molecule has 8 heteroatoms. The molecule has 0 spiro atoms. The van der Waals surface area contributed by atoms with Gasteiger partial charge in [0.1, 0.15) is 0 Å². The summed E-state index contributed by atoms with van der Waals surface area (Å²) in [5.74, 6) is 1.95. The molecule has 3 aromatic rings. The lowest BCUT2D eigenvalue weighted by atomic mass is 10.1. The maximum absolute atomic E-state index is 12.4. The number of fused-ring (bicyclic) bond motifs is 1. The minimum Gasteiger partial charge on any atom is -0.489 e. The standard InChI is InChI=1S/C20H18ClN3O4/c1-12-23-20(28-24-12)15-5-3-14(4-6-15)19(25)22-11-13-9-16(21)18-17(10-13)26-7-2-8-27-18/h3-6,9-10H,2,7-8,11H2,1H3,(H,22,25). The van der Waals surface area contributed by atoms with Crippen molar-refractivity contribution in [3.8, 4) is 23.0 Å². The van der Waals surface area contributed by atoms with E-state index in [2.05, 4.69) is 15.5 Å². The van der Waals surface area contributed by atoms with Crippen molar-refractivity contribution in [3.05, 3.63) is 58.4 Å². The van der Waals surface area contributed by atoms with Crippen LogP contribution in [0.15, 0.2) is 40.9 Å². The smallest absolute Gasteiger partial charge is 0.257 e. The van der Waals surface area contributed by atoms with Gasteiger partial charge in [-0.3, -0.25) is 4.79 Å². The van der Waals surface area contributed by atoms with Gasteiger partial charge in [0.2, 0.25) is 0 Å². The number of nitrogens with zero attached hydrogens (tertiary/aromatic N) is 2. The Morgan fingerprint density at radius 1 is 1.18 bits per heavy atom. The molecule has 1 aromatic heterocycles. The quantitative estimate of drug-likeness (QED) is 0.718. The lowest BCUT2D eigenvalue weighted by molar-refractivity contribution is 0.0951. The molecule has 1 N–H and O–H groups in total.